The largest absolute Gasteiger partial charge is 0.573 e. The molecule has 0 radical (unpaired) electrons. The van der Waals surface area contributed by atoms with E-state index in [9.17, 15) is 22.4 Å². The van der Waals surface area contributed by atoms with Crippen LogP contribution in [0.3, 0.4) is 0 Å². The number of halogens is 4. The van der Waals surface area contributed by atoms with Gasteiger partial charge >= 0.3 is 6.36 Å². The van der Waals surface area contributed by atoms with Crippen molar-refractivity contribution in [3.8, 4) is 5.75 Å². The van der Waals surface area contributed by atoms with Gasteiger partial charge in [0, 0.05) is 18.2 Å². The maximum absolute atomic E-state index is 13.2. The van der Waals surface area contributed by atoms with Gasteiger partial charge in [-0.05, 0) is 36.6 Å². The first-order valence-corrected chi connectivity index (χ1v) is 8.45. The van der Waals surface area contributed by atoms with Gasteiger partial charge in [0.1, 0.15) is 17.6 Å². The van der Waals surface area contributed by atoms with Crippen LogP contribution in [-0.2, 0) is 11.3 Å². The molecule has 1 amide bonds. The lowest BCUT2D eigenvalue weighted by Gasteiger charge is -2.20. The molecule has 1 aliphatic rings. The Bertz CT molecular complexity index is 789. The molecule has 1 fully saturated rings. The summed E-state index contributed by atoms with van der Waals surface area (Å²) in [6.45, 7) is -0.0353. The molecule has 8 heteroatoms. The van der Waals surface area contributed by atoms with E-state index in [1.807, 2.05) is 0 Å². The molecule has 1 aliphatic carbocycles. The molecule has 0 bridgehead atoms. The van der Waals surface area contributed by atoms with Crippen LogP contribution in [0.4, 0.5) is 17.6 Å². The zero-order valence-electron chi connectivity index (χ0n) is 14.2. The number of nitrogens with one attached hydrogen (secondary N) is 2. The normalized spacial score (nSPS) is 15.3. The Labute approximate surface area is 153 Å². The van der Waals surface area contributed by atoms with Crippen LogP contribution in [0.15, 0.2) is 48.5 Å². The van der Waals surface area contributed by atoms with Gasteiger partial charge in [-0.15, -0.1) is 13.2 Å². The molecule has 2 aromatic rings. The number of carbonyl (C=O) groups is 1. The fourth-order valence-electron chi connectivity index (χ4n) is 2.62. The highest BCUT2D eigenvalue weighted by Gasteiger charge is 2.32. The van der Waals surface area contributed by atoms with E-state index in [1.165, 1.54) is 42.5 Å². The summed E-state index contributed by atoms with van der Waals surface area (Å²) in [6.07, 6.45) is -3.02. The Balaban J connectivity index is 1.76. The number of alkyl halides is 3. The molecular formula is C19H18F4N2O2. The lowest BCUT2D eigenvalue weighted by atomic mass is 10.1. The molecule has 0 aliphatic heterocycles. The van der Waals surface area contributed by atoms with E-state index >= 15 is 0 Å². The molecule has 27 heavy (non-hydrogen) atoms. The summed E-state index contributed by atoms with van der Waals surface area (Å²) in [5.74, 6) is -1.08. The summed E-state index contributed by atoms with van der Waals surface area (Å²) in [6, 6.07) is 10.4. The summed E-state index contributed by atoms with van der Waals surface area (Å²) >= 11 is 0. The molecular weight excluding hydrogens is 364 g/mol. The van der Waals surface area contributed by atoms with Gasteiger partial charge in [-0.2, -0.15) is 0 Å². The second kappa shape index (κ2) is 7.96. The maximum atomic E-state index is 13.2. The van der Waals surface area contributed by atoms with Crippen molar-refractivity contribution >= 4 is 5.91 Å². The predicted molar refractivity (Wildman–Crippen MR) is 90.3 cm³/mol. The number of rotatable bonds is 7. The highest BCUT2D eigenvalue weighted by Crippen LogP contribution is 2.27. The van der Waals surface area contributed by atoms with Crippen LogP contribution >= 0.6 is 0 Å². The number of amides is 1. The third-order valence-corrected chi connectivity index (χ3v) is 4.08. The van der Waals surface area contributed by atoms with Crippen molar-refractivity contribution < 1.29 is 27.1 Å². The molecule has 1 atom stereocenters. The average Bonchev–Trinajstić information content (AvgIpc) is 3.40. The van der Waals surface area contributed by atoms with E-state index in [1.54, 1.807) is 6.07 Å². The van der Waals surface area contributed by atoms with Crippen LogP contribution < -0.4 is 15.4 Å². The van der Waals surface area contributed by atoms with Crippen LogP contribution in [0.2, 0.25) is 0 Å². The molecule has 0 aromatic heterocycles. The van der Waals surface area contributed by atoms with Gasteiger partial charge in [0.2, 0.25) is 5.91 Å². The van der Waals surface area contributed by atoms with Gasteiger partial charge in [0.15, 0.2) is 0 Å². The van der Waals surface area contributed by atoms with E-state index in [4.69, 9.17) is 0 Å². The van der Waals surface area contributed by atoms with Crippen molar-refractivity contribution in [3.05, 3.63) is 65.5 Å². The number of hydrogen-bond donors (Lipinski definition) is 2. The first kappa shape index (κ1) is 19.2. The van der Waals surface area contributed by atoms with Crippen molar-refractivity contribution in [2.75, 3.05) is 0 Å². The van der Waals surface area contributed by atoms with E-state index < -0.39 is 18.2 Å². The highest BCUT2D eigenvalue weighted by molar-refractivity contribution is 5.83. The minimum Gasteiger partial charge on any atom is -0.405 e. The Morgan fingerprint density at radius 1 is 1.11 bits per heavy atom. The van der Waals surface area contributed by atoms with Gasteiger partial charge in [-0.3, -0.25) is 10.1 Å². The van der Waals surface area contributed by atoms with E-state index in [0.29, 0.717) is 5.56 Å². The molecule has 1 saturated carbocycles. The van der Waals surface area contributed by atoms with Gasteiger partial charge in [0.25, 0.3) is 0 Å². The lowest BCUT2D eigenvalue weighted by Crippen LogP contribution is -2.38. The molecule has 4 nitrogen and oxygen atoms in total. The van der Waals surface area contributed by atoms with Crippen LogP contribution in [0.1, 0.15) is 30.0 Å². The molecule has 2 N–H and O–H groups in total. The van der Waals surface area contributed by atoms with E-state index in [2.05, 4.69) is 15.4 Å². The fraction of sp³-hybridized carbons (Fsp3) is 0.316. The maximum Gasteiger partial charge on any atom is 0.573 e. The van der Waals surface area contributed by atoms with Crippen LogP contribution in [-0.4, -0.2) is 18.3 Å². The fourth-order valence-corrected chi connectivity index (χ4v) is 2.62. The Morgan fingerprint density at radius 2 is 1.78 bits per heavy atom. The standard InChI is InChI=1S/C19H18F4N2O2/c20-14-7-5-12(6-8-14)17(18(26)25-15-9-10-15)24-11-13-3-1-2-4-16(13)27-19(21,22)23/h1-8,15,17,24H,9-11H2,(H,25,26). The minimum absolute atomic E-state index is 0.0353. The number of para-hydroxylation sites is 1. The van der Waals surface area contributed by atoms with Crippen LogP contribution in [0, 0.1) is 5.82 Å². The Morgan fingerprint density at radius 3 is 2.41 bits per heavy atom. The predicted octanol–water partition coefficient (Wildman–Crippen LogP) is 3.83. The zero-order chi connectivity index (χ0) is 19.4. The molecule has 3 rings (SSSR count). The van der Waals surface area contributed by atoms with Crippen molar-refractivity contribution in [3.63, 3.8) is 0 Å². The first-order chi connectivity index (χ1) is 12.8. The van der Waals surface area contributed by atoms with Crippen molar-refractivity contribution in [2.45, 2.75) is 37.8 Å². The minimum atomic E-state index is -4.81. The first-order valence-electron chi connectivity index (χ1n) is 8.45. The quantitative estimate of drug-likeness (QED) is 0.716. The molecule has 2 aromatic carbocycles. The second-order valence-corrected chi connectivity index (χ2v) is 6.30. The van der Waals surface area contributed by atoms with Gasteiger partial charge in [-0.25, -0.2) is 4.39 Å². The third kappa shape index (κ3) is 5.68. The number of hydrogen-bond acceptors (Lipinski definition) is 3. The molecule has 0 heterocycles. The number of benzene rings is 2. The topological polar surface area (TPSA) is 50.4 Å². The molecule has 0 saturated heterocycles. The summed E-state index contributed by atoms with van der Waals surface area (Å²) < 4.78 is 54.9. The molecule has 1 unspecified atom stereocenters. The summed E-state index contributed by atoms with van der Waals surface area (Å²) in [5.41, 5.74) is 0.768. The monoisotopic (exact) mass is 382 g/mol. The third-order valence-electron chi connectivity index (χ3n) is 4.08. The Hall–Kier alpha value is -2.61. The van der Waals surface area contributed by atoms with Crippen molar-refractivity contribution in [2.24, 2.45) is 0 Å². The smallest absolute Gasteiger partial charge is 0.405 e. The molecule has 0 spiro atoms. The SMILES string of the molecule is O=C(NC1CC1)C(NCc1ccccc1OC(F)(F)F)c1ccc(F)cc1. The Kier molecular flexibility index (Phi) is 5.65. The van der Waals surface area contributed by atoms with Gasteiger partial charge < -0.3 is 10.1 Å². The van der Waals surface area contributed by atoms with Crippen LogP contribution in [0.25, 0.3) is 0 Å². The summed E-state index contributed by atoms with van der Waals surface area (Å²) in [7, 11) is 0. The summed E-state index contributed by atoms with van der Waals surface area (Å²) in [5, 5.41) is 5.80. The average molecular weight is 382 g/mol. The highest BCUT2D eigenvalue weighted by atomic mass is 19.4. The number of carbonyl (C=O) groups excluding carboxylic acids is 1. The van der Waals surface area contributed by atoms with Crippen molar-refractivity contribution in [1.29, 1.82) is 0 Å². The van der Waals surface area contributed by atoms with E-state index in [0.717, 1.165) is 12.8 Å². The van der Waals surface area contributed by atoms with Crippen molar-refractivity contribution in [1.82, 2.24) is 10.6 Å². The second-order valence-electron chi connectivity index (χ2n) is 6.30. The van der Waals surface area contributed by atoms with Gasteiger partial charge in [-0.1, -0.05) is 30.3 Å². The number of ether oxygens (including phenoxy) is 1. The summed E-state index contributed by atoms with van der Waals surface area (Å²) in [4.78, 5) is 12.5. The zero-order valence-corrected chi connectivity index (χ0v) is 14.2. The van der Waals surface area contributed by atoms with Gasteiger partial charge in [0.05, 0.1) is 0 Å². The van der Waals surface area contributed by atoms with E-state index in [-0.39, 0.29) is 29.8 Å². The molecule has 144 valence electrons. The van der Waals surface area contributed by atoms with Crippen LogP contribution in [0.5, 0.6) is 5.75 Å². The lowest BCUT2D eigenvalue weighted by molar-refractivity contribution is -0.274.